The van der Waals surface area contributed by atoms with Gasteiger partial charge in [0.15, 0.2) is 5.65 Å². The van der Waals surface area contributed by atoms with Crippen molar-refractivity contribution >= 4 is 52.1 Å². The van der Waals surface area contributed by atoms with Crippen molar-refractivity contribution in [3.8, 4) is 22.8 Å². The number of imide groups is 2. The summed E-state index contributed by atoms with van der Waals surface area (Å²) in [5.41, 5.74) is 10.3. The molecular formula is C42H39F3N10O7. The largest absolute Gasteiger partial charge is 0.490 e. The minimum atomic E-state index is -5.08. The predicted octanol–water partition coefficient (Wildman–Crippen LogP) is 3.72. The number of para-hydroxylation sites is 1. The van der Waals surface area contributed by atoms with E-state index in [0.717, 1.165) is 90.1 Å². The molecule has 5 aliphatic rings. The minimum Gasteiger partial charge on any atom is -0.475 e. The molecule has 4 saturated heterocycles. The number of piperidine rings is 1. The summed E-state index contributed by atoms with van der Waals surface area (Å²) >= 11 is 0. The molecule has 7 heterocycles. The van der Waals surface area contributed by atoms with Gasteiger partial charge in [0.1, 0.15) is 35.4 Å². The molecule has 0 saturated carbocycles. The zero-order chi connectivity index (χ0) is 43.4. The number of carbonyl (C=O) groups is 5. The Morgan fingerprint density at radius 2 is 1.47 bits per heavy atom. The molecule has 4 amide bonds. The van der Waals surface area contributed by atoms with Crippen molar-refractivity contribution < 1.29 is 47.0 Å². The number of hydrogen-bond donors (Lipinski definition) is 3. The average Bonchev–Trinajstić information content (AvgIpc) is 3.91. The Balaban J connectivity index is 0.000000648. The van der Waals surface area contributed by atoms with Crippen molar-refractivity contribution in [1.82, 2.24) is 39.8 Å². The van der Waals surface area contributed by atoms with Crippen LogP contribution in [0.4, 0.5) is 24.7 Å². The van der Waals surface area contributed by atoms with Crippen LogP contribution in [-0.4, -0.2) is 133 Å². The van der Waals surface area contributed by atoms with Crippen LogP contribution in [0.25, 0.3) is 22.3 Å². The average molecular weight is 853 g/mol. The first-order chi connectivity index (χ1) is 29.7. The molecule has 20 heteroatoms. The molecule has 62 heavy (non-hydrogen) atoms. The second-order valence-electron chi connectivity index (χ2n) is 15.8. The third-order valence-corrected chi connectivity index (χ3v) is 12.0. The number of carboxylic acid groups (broad SMARTS) is 1. The van der Waals surface area contributed by atoms with Crippen LogP contribution in [0, 0.1) is 0 Å². The molecule has 2 aromatic heterocycles. The van der Waals surface area contributed by atoms with Crippen LogP contribution in [-0.2, 0) is 14.4 Å². The molecule has 320 valence electrons. The lowest BCUT2D eigenvalue weighted by atomic mass is 9.97. The van der Waals surface area contributed by atoms with E-state index in [0.29, 0.717) is 29.0 Å². The van der Waals surface area contributed by atoms with Gasteiger partial charge in [0.05, 0.1) is 22.6 Å². The molecular weight excluding hydrogens is 814 g/mol. The highest BCUT2D eigenvalue weighted by molar-refractivity contribution is 6.23. The highest BCUT2D eigenvalue weighted by atomic mass is 19.4. The third kappa shape index (κ3) is 7.55. The molecule has 4 N–H and O–H groups in total. The number of hydrogen-bond acceptors (Lipinski definition) is 13. The summed E-state index contributed by atoms with van der Waals surface area (Å²) < 4.78 is 39.8. The van der Waals surface area contributed by atoms with Crippen LogP contribution >= 0.6 is 0 Å². The summed E-state index contributed by atoms with van der Waals surface area (Å²) in [7, 11) is 0. The number of halogens is 3. The summed E-state index contributed by atoms with van der Waals surface area (Å²) in [6, 6.07) is 22.9. The highest BCUT2D eigenvalue weighted by Gasteiger charge is 2.46. The standard InChI is InChI=1S/C40H38N10O5.C2HF3O2/c41-36-34-35(23-6-9-29(10-7-23)55-28-4-2-1-3-5-28)45-50(37(34)43-22-42-36)25-14-15-46(17-25)26-18-48(19-26)27-20-47(21-27)24-8-11-30-31(16-24)40(54)49(39(30)53)32-12-13-33(51)44-38(32)52;3-2(4,5)1(6)7/h1-11,16,22,25-27,32H,12-15,17-21H2,(H2,41,42,43)(H,44,51,52);(H,6,7). The fourth-order valence-electron chi connectivity index (χ4n) is 8.63. The number of anilines is 2. The van der Waals surface area contributed by atoms with Gasteiger partial charge >= 0.3 is 12.1 Å². The van der Waals surface area contributed by atoms with Gasteiger partial charge in [0.2, 0.25) is 11.8 Å². The number of benzene rings is 3. The predicted molar refractivity (Wildman–Crippen MR) is 215 cm³/mol. The van der Waals surface area contributed by atoms with Gasteiger partial charge in [-0.15, -0.1) is 0 Å². The number of fused-ring (bicyclic) bond motifs is 2. The minimum absolute atomic E-state index is 0.0931. The van der Waals surface area contributed by atoms with Crippen LogP contribution in [0.5, 0.6) is 11.5 Å². The van der Waals surface area contributed by atoms with Gasteiger partial charge in [-0.3, -0.25) is 39.2 Å². The topological polar surface area (TPSA) is 209 Å². The third-order valence-electron chi connectivity index (χ3n) is 12.0. The van der Waals surface area contributed by atoms with Crippen LogP contribution in [0.2, 0.25) is 0 Å². The van der Waals surface area contributed by atoms with E-state index in [1.165, 1.54) is 6.33 Å². The number of nitrogens with one attached hydrogen (secondary N) is 1. The van der Waals surface area contributed by atoms with Crippen LogP contribution in [0.15, 0.2) is 79.1 Å². The van der Waals surface area contributed by atoms with Gasteiger partial charge in [-0.1, -0.05) is 18.2 Å². The number of amides is 4. The molecule has 17 nitrogen and oxygen atoms in total. The van der Waals surface area contributed by atoms with Gasteiger partial charge in [0, 0.05) is 69.0 Å². The van der Waals surface area contributed by atoms with E-state index in [9.17, 15) is 32.3 Å². The molecule has 10 rings (SSSR count). The number of alkyl halides is 3. The highest BCUT2D eigenvalue weighted by Crippen LogP contribution is 2.38. The zero-order valence-electron chi connectivity index (χ0n) is 32.9. The maximum absolute atomic E-state index is 13.3. The first-order valence-electron chi connectivity index (χ1n) is 19.9. The monoisotopic (exact) mass is 852 g/mol. The Bertz CT molecular complexity index is 2600. The lowest BCUT2D eigenvalue weighted by molar-refractivity contribution is -0.192. The van der Waals surface area contributed by atoms with Crippen molar-refractivity contribution in [3.05, 3.63) is 90.3 Å². The molecule has 5 aromatic rings. The smallest absolute Gasteiger partial charge is 0.475 e. The van der Waals surface area contributed by atoms with Gasteiger partial charge in [-0.2, -0.15) is 18.3 Å². The lowest BCUT2D eigenvalue weighted by Gasteiger charge is -2.54. The fraction of sp³-hybridized carbons (Fsp3) is 0.333. The molecule has 5 aliphatic heterocycles. The number of nitrogens with two attached hydrogens (primary N) is 1. The number of rotatable bonds is 8. The van der Waals surface area contributed by atoms with E-state index in [-0.39, 0.29) is 18.9 Å². The maximum Gasteiger partial charge on any atom is 0.490 e. The molecule has 0 bridgehead atoms. The number of likely N-dealkylation sites (tertiary alicyclic amines) is 2. The number of aliphatic carboxylic acids is 1. The Labute approximate surface area is 350 Å². The summed E-state index contributed by atoms with van der Waals surface area (Å²) in [6.45, 7) is 5.48. The number of carbonyl (C=O) groups excluding carboxylic acids is 4. The van der Waals surface area contributed by atoms with Gasteiger partial charge < -0.3 is 20.5 Å². The lowest BCUT2D eigenvalue weighted by Crippen LogP contribution is -2.69. The molecule has 0 radical (unpaired) electrons. The quantitative estimate of drug-likeness (QED) is 0.190. The van der Waals surface area contributed by atoms with Crippen molar-refractivity contribution in [2.45, 2.75) is 49.6 Å². The molecule has 0 aliphatic carbocycles. The van der Waals surface area contributed by atoms with Gasteiger partial charge in [0.25, 0.3) is 11.8 Å². The number of nitrogens with zero attached hydrogens (tertiary/aromatic N) is 8. The van der Waals surface area contributed by atoms with E-state index in [1.807, 2.05) is 65.3 Å². The molecule has 3 aromatic carbocycles. The summed E-state index contributed by atoms with van der Waals surface area (Å²) in [6.07, 6.45) is -2.39. The van der Waals surface area contributed by atoms with Gasteiger partial charge in [-0.25, -0.2) is 19.4 Å². The number of ether oxygens (including phenoxy) is 1. The van der Waals surface area contributed by atoms with Crippen molar-refractivity contribution in [2.75, 3.05) is 49.9 Å². The first-order valence-corrected chi connectivity index (χ1v) is 19.9. The Morgan fingerprint density at radius 3 is 2.16 bits per heavy atom. The van der Waals surface area contributed by atoms with Crippen molar-refractivity contribution in [1.29, 1.82) is 0 Å². The molecule has 2 unspecified atom stereocenters. The van der Waals surface area contributed by atoms with E-state index < -0.39 is 41.8 Å². The zero-order valence-corrected chi connectivity index (χ0v) is 32.9. The number of nitrogen functional groups attached to an aromatic ring is 1. The second kappa shape index (κ2) is 15.8. The number of aromatic nitrogens is 4. The van der Waals surface area contributed by atoms with E-state index in [1.54, 1.807) is 12.1 Å². The second-order valence-corrected chi connectivity index (χ2v) is 15.8. The fourth-order valence-corrected chi connectivity index (χ4v) is 8.63. The van der Waals surface area contributed by atoms with Crippen LogP contribution < -0.4 is 20.7 Å². The number of carboxylic acids is 1. The molecule has 2 atom stereocenters. The van der Waals surface area contributed by atoms with E-state index in [4.69, 9.17) is 25.5 Å². The molecule has 4 fully saturated rings. The maximum atomic E-state index is 13.3. The van der Waals surface area contributed by atoms with Crippen LogP contribution in [0.1, 0.15) is 46.0 Å². The summed E-state index contributed by atoms with van der Waals surface area (Å²) in [5.74, 6) is -2.82. The van der Waals surface area contributed by atoms with Crippen molar-refractivity contribution in [3.63, 3.8) is 0 Å². The Morgan fingerprint density at radius 1 is 0.806 bits per heavy atom. The SMILES string of the molecule is Nc1ncnc2c1c(-c1ccc(Oc3ccccc3)cc1)nn2C1CCN(C2CN(C3CN(c4ccc5c(c4)C(=O)N(C4CCC(=O)NC4=O)C5=O)C3)C2)C1.O=C(O)C(F)(F)F. The summed E-state index contributed by atoms with van der Waals surface area (Å²) in [5, 5.41) is 15.2. The van der Waals surface area contributed by atoms with Crippen molar-refractivity contribution in [2.24, 2.45) is 0 Å². The normalized spacial score (nSPS) is 21.0. The Kier molecular flexibility index (Phi) is 10.3. The molecule has 0 spiro atoms. The van der Waals surface area contributed by atoms with Gasteiger partial charge in [-0.05, 0) is 67.4 Å². The Hall–Kier alpha value is -6.93. The van der Waals surface area contributed by atoms with E-state index >= 15 is 0 Å². The first kappa shape index (κ1) is 40.5. The van der Waals surface area contributed by atoms with Crippen LogP contribution in [0.3, 0.4) is 0 Å². The summed E-state index contributed by atoms with van der Waals surface area (Å²) in [4.78, 5) is 76.6. The van der Waals surface area contributed by atoms with E-state index in [2.05, 4.69) is 30.0 Å².